The van der Waals surface area contributed by atoms with Gasteiger partial charge >= 0.3 is 11.9 Å². The highest BCUT2D eigenvalue weighted by atomic mass is 16.7. The molecule has 4 aliphatic rings. The summed E-state index contributed by atoms with van der Waals surface area (Å²) in [5.74, 6) is -1.39. The number of fused-ring (bicyclic) bond motifs is 1. The van der Waals surface area contributed by atoms with Crippen molar-refractivity contribution in [3.05, 3.63) is 35.1 Å². The summed E-state index contributed by atoms with van der Waals surface area (Å²) in [5.41, 5.74) is 0.449. The quantitative estimate of drug-likeness (QED) is 0.357. The van der Waals surface area contributed by atoms with E-state index < -0.39 is 35.9 Å². The summed E-state index contributed by atoms with van der Waals surface area (Å²) in [6.45, 7) is 5.71. The number of rotatable bonds is 2. The van der Waals surface area contributed by atoms with Crippen LogP contribution in [-0.2, 0) is 23.8 Å². The molecule has 2 heterocycles. The standard InChI is InChI=1S/C19H22O6/c1-10-7-14(24-16(10)21)23-9-13-12-8-11-5-4-6-18(2,3)19(11,15(12)20)25-17(13)22/h7-9,12,14-15,20H,4-6H2,1-3H3/b13-9+/t12-,14?,15-,19-/m1/s1. The van der Waals surface area contributed by atoms with E-state index in [-0.39, 0.29) is 11.0 Å². The summed E-state index contributed by atoms with van der Waals surface area (Å²) >= 11 is 0. The number of cyclic esters (lactones) is 1. The highest BCUT2D eigenvalue weighted by Gasteiger charge is 2.66. The molecule has 0 aromatic heterocycles. The molecule has 2 aliphatic heterocycles. The second-order valence-corrected chi connectivity index (χ2v) is 7.86. The molecule has 1 saturated heterocycles. The van der Waals surface area contributed by atoms with Crippen molar-refractivity contribution in [3.63, 3.8) is 0 Å². The van der Waals surface area contributed by atoms with Gasteiger partial charge in [0.15, 0.2) is 5.60 Å². The van der Waals surface area contributed by atoms with Gasteiger partial charge in [-0.25, -0.2) is 9.59 Å². The van der Waals surface area contributed by atoms with Crippen molar-refractivity contribution in [1.82, 2.24) is 0 Å². The number of esters is 2. The number of aliphatic hydroxyl groups excluding tert-OH is 1. The lowest BCUT2D eigenvalue weighted by atomic mass is 9.61. The van der Waals surface area contributed by atoms with Gasteiger partial charge in [0.2, 0.25) is 0 Å². The smallest absolute Gasteiger partial charge is 0.338 e. The lowest BCUT2D eigenvalue weighted by Crippen LogP contribution is -2.61. The third-order valence-corrected chi connectivity index (χ3v) is 5.98. The molecule has 4 atom stereocenters. The van der Waals surface area contributed by atoms with Crippen LogP contribution in [0.25, 0.3) is 0 Å². The zero-order chi connectivity index (χ0) is 18.0. The fourth-order valence-corrected chi connectivity index (χ4v) is 4.59. The predicted molar refractivity (Wildman–Crippen MR) is 86.8 cm³/mol. The first kappa shape index (κ1) is 16.4. The summed E-state index contributed by atoms with van der Waals surface area (Å²) in [6.07, 6.45) is 5.80. The van der Waals surface area contributed by atoms with Gasteiger partial charge in [-0.15, -0.1) is 0 Å². The SMILES string of the molecule is CC1=CC(O/C=C2/C(=O)O[C@]34C(=C[C@H]2[C@H]3O)CCCC4(C)C)OC1=O. The number of ether oxygens (including phenoxy) is 3. The number of hydrogen-bond acceptors (Lipinski definition) is 6. The van der Waals surface area contributed by atoms with E-state index in [0.29, 0.717) is 5.57 Å². The van der Waals surface area contributed by atoms with Crippen LogP contribution in [0.5, 0.6) is 0 Å². The van der Waals surface area contributed by atoms with Gasteiger partial charge in [0.05, 0.1) is 11.8 Å². The van der Waals surface area contributed by atoms with Crippen LogP contribution in [0.2, 0.25) is 0 Å². The van der Waals surface area contributed by atoms with Crippen molar-refractivity contribution in [2.24, 2.45) is 11.3 Å². The molecule has 2 bridgehead atoms. The monoisotopic (exact) mass is 346 g/mol. The third-order valence-electron chi connectivity index (χ3n) is 5.98. The van der Waals surface area contributed by atoms with Gasteiger partial charge in [0, 0.05) is 23.0 Å². The van der Waals surface area contributed by atoms with Crippen molar-refractivity contribution < 1.29 is 28.9 Å². The van der Waals surface area contributed by atoms with Crippen LogP contribution in [0.4, 0.5) is 0 Å². The maximum absolute atomic E-state index is 12.6. The summed E-state index contributed by atoms with van der Waals surface area (Å²) in [4.78, 5) is 24.0. The Kier molecular flexibility index (Phi) is 3.41. The molecule has 134 valence electrons. The summed E-state index contributed by atoms with van der Waals surface area (Å²) < 4.78 is 16.3. The molecule has 0 aromatic rings. The Morgan fingerprint density at radius 2 is 2.04 bits per heavy atom. The van der Waals surface area contributed by atoms with Crippen LogP contribution < -0.4 is 0 Å². The number of carbonyl (C=O) groups is 2. The fraction of sp³-hybridized carbons (Fsp3) is 0.579. The van der Waals surface area contributed by atoms with Gasteiger partial charge in [-0.2, -0.15) is 0 Å². The van der Waals surface area contributed by atoms with Crippen molar-refractivity contribution in [2.75, 3.05) is 0 Å². The topological polar surface area (TPSA) is 82.1 Å². The first-order chi connectivity index (χ1) is 11.8. The van der Waals surface area contributed by atoms with Gasteiger partial charge in [0.25, 0.3) is 6.29 Å². The molecule has 1 saturated carbocycles. The van der Waals surface area contributed by atoms with Crippen LogP contribution in [0, 0.1) is 11.3 Å². The van der Waals surface area contributed by atoms with E-state index >= 15 is 0 Å². The lowest BCUT2D eigenvalue weighted by molar-refractivity contribution is -0.198. The molecular formula is C19H22O6. The van der Waals surface area contributed by atoms with Gasteiger partial charge in [-0.05, 0) is 31.8 Å². The Balaban J connectivity index is 1.63. The van der Waals surface area contributed by atoms with E-state index in [1.54, 1.807) is 13.0 Å². The lowest BCUT2D eigenvalue weighted by Gasteiger charge is -2.52. The fourth-order valence-electron chi connectivity index (χ4n) is 4.59. The van der Waals surface area contributed by atoms with Crippen molar-refractivity contribution in [3.8, 4) is 0 Å². The summed E-state index contributed by atoms with van der Waals surface area (Å²) in [7, 11) is 0. The number of hydrogen-bond donors (Lipinski definition) is 1. The van der Waals surface area contributed by atoms with E-state index in [1.807, 2.05) is 19.9 Å². The first-order valence-corrected chi connectivity index (χ1v) is 8.64. The van der Waals surface area contributed by atoms with Gasteiger partial charge in [0.1, 0.15) is 6.10 Å². The van der Waals surface area contributed by atoms with Gasteiger partial charge < -0.3 is 19.3 Å². The van der Waals surface area contributed by atoms with Crippen molar-refractivity contribution in [1.29, 1.82) is 0 Å². The number of carbonyl (C=O) groups excluding carboxylic acids is 2. The largest absolute Gasteiger partial charge is 0.458 e. The van der Waals surface area contributed by atoms with Gasteiger partial charge in [-0.1, -0.05) is 19.9 Å². The summed E-state index contributed by atoms with van der Waals surface area (Å²) in [5, 5.41) is 11.0. The second kappa shape index (κ2) is 5.21. The molecule has 6 nitrogen and oxygen atoms in total. The molecule has 1 spiro atoms. The normalized spacial score (nSPS) is 40.2. The van der Waals surface area contributed by atoms with Crippen LogP contribution in [0.3, 0.4) is 0 Å². The minimum Gasteiger partial charge on any atom is -0.458 e. The van der Waals surface area contributed by atoms with E-state index in [2.05, 4.69) is 0 Å². The molecule has 0 amide bonds. The van der Waals surface area contributed by atoms with E-state index in [4.69, 9.17) is 14.2 Å². The third kappa shape index (κ3) is 2.13. The minimum atomic E-state index is -0.944. The van der Waals surface area contributed by atoms with Crippen molar-refractivity contribution >= 4 is 11.9 Å². The Hall–Kier alpha value is -2.08. The van der Waals surface area contributed by atoms with Crippen molar-refractivity contribution in [2.45, 2.75) is 58.0 Å². The van der Waals surface area contributed by atoms with E-state index in [9.17, 15) is 14.7 Å². The average molecular weight is 346 g/mol. The molecule has 25 heavy (non-hydrogen) atoms. The van der Waals surface area contributed by atoms with Crippen LogP contribution in [0.1, 0.15) is 40.0 Å². The Morgan fingerprint density at radius 3 is 2.72 bits per heavy atom. The Bertz CT molecular complexity index is 743. The highest BCUT2D eigenvalue weighted by molar-refractivity contribution is 5.92. The maximum Gasteiger partial charge on any atom is 0.338 e. The molecule has 1 unspecified atom stereocenters. The molecule has 2 aliphatic carbocycles. The highest BCUT2D eigenvalue weighted by Crippen LogP contribution is 2.59. The average Bonchev–Trinajstić information content (AvgIpc) is 2.94. The molecule has 2 fully saturated rings. The van der Waals surface area contributed by atoms with Gasteiger partial charge in [-0.3, -0.25) is 0 Å². The summed E-state index contributed by atoms with van der Waals surface area (Å²) in [6, 6.07) is 0. The zero-order valence-corrected chi connectivity index (χ0v) is 14.6. The van der Waals surface area contributed by atoms with E-state index in [0.717, 1.165) is 24.8 Å². The Labute approximate surface area is 146 Å². The number of aliphatic hydroxyl groups is 1. The van der Waals surface area contributed by atoms with Crippen LogP contribution in [0.15, 0.2) is 35.1 Å². The maximum atomic E-state index is 12.6. The molecule has 4 rings (SSSR count). The molecule has 6 heteroatoms. The molecule has 1 N–H and O–H groups in total. The van der Waals surface area contributed by atoms with Crippen LogP contribution >= 0.6 is 0 Å². The predicted octanol–water partition coefficient (Wildman–Crippen LogP) is 2.14. The zero-order valence-electron chi connectivity index (χ0n) is 14.6. The minimum absolute atomic E-state index is 0.254. The molecule has 0 radical (unpaired) electrons. The van der Waals surface area contributed by atoms with Crippen LogP contribution in [-0.4, -0.2) is 35.0 Å². The second-order valence-electron chi connectivity index (χ2n) is 7.86. The molecular weight excluding hydrogens is 324 g/mol. The first-order valence-electron chi connectivity index (χ1n) is 8.64. The van der Waals surface area contributed by atoms with E-state index in [1.165, 1.54) is 6.26 Å². The molecule has 0 aromatic carbocycles. The Morgan fingerprint density at radius 1 is 1.28 bits per heavy atom.